The van der Waals surface area contributed by atoms with Gasteiger partial charge in [0.2, 0.25) is 0 Å². The second kappa shape index (κ2) is 5.39. The van der Waals surface area contributed by atoms with Crippen LogP contribution in [0.5, 0.6) is 5.75 Å². The molecule has 0 atom stereocenters. The van der Waals surface area contributed by atoms with Gasteiger partial charge in [0.15, 0.2) is 17.4 Å². The molecule has 0 unspecified atom stereocenters. The van der Waals surface area contributed by atoms with E-state index in [-0.39, 0.29) is 12.2 Å². The number of aromatic nitrogens is 2. The molecule has 0 bridgehead atoms. The van der Waals surface area contributed by atoms with Crippen LogP contribution in [0.15, 0.2) is 30.6 Å². The van der Waals surface area contributed by atoms with Crippen molar-refractivity contribution in [2.24, 2.45) is 0 Å². The molecule has 2 aromatic rings. The molecule has 6 heteroatoms. The highest BCUT2D eigenvalue weighted by Crippen LogP contribution is 2.22. The molecule has 0 saturated carbocycles. The highest BCUT2D eigenvalue weighted by Gasteiger charge is 2.12. The molecule has 1 aromatic heterocycles. The Labute approximate surface area is 102 Å². The fraction of sp³-hybridized carbons (Fsp3) is 0.167. The van der Waals surface area contributed by atoms with E-state index in [0.717, 1.165) is 12.1 Å². The Kier molecular flexibility index (Phi) is 3.66. The molecular weight excluding hydrogens is 242 g/mol. The van der Waals surface area contributed by atoms with Crippen LogP contribution in [0.1, 0.15) is 10.4 Å². The van der Waals surface area contributed by atoms with Crippen LogP contribution < -0.4 is 4.74 Å². The molecule has 0 amide bonds. The van der Waals surface area contributed by atoms with Crippen molar-refractivity contribution in [2.45, 2.75) is 6.54 Å². The molecule has 2 rings (SSSR count). The van der Waals surface area contributed by atoms with Crippen LogP contribution in [0.25, 0.3) is 0 Å². The Morgan fingerprint density at radius 2 is 2.06 bits per heavy atom. The van der Waals surface area contributed by atoms with Gasteiger partial charge in [0.05, 0.1) is 6.54 Å². The van der Waals surface area contributed by atoms with Crippen LogP contribution in [-0.4, -0.2) is 22.7 Å². The van der Waals surface area contributed by atoms with E-state index in [4.69, 9.17) is 4.74 Å². The fourth-order valence-corrected chi connectivity index (χ4v) is 1.46. The first-order valence-corrected chi connectivity index (χ1v) is 5.25. The van der Waals surface area contributed by atoms with Crippen LogP contribution in [0, 0.1) is 11.6 Å². The number of hydrogen-bond acceptors (Lipinski definition) is 3. The van der Waals surface area contributed by atoms with Gasteiger partial charge in [0.1, 0.15) is 12.9 Å². The second-order valence-corrected chi connectivity index (χ2v) is 3.55. The summed E-state index contributed by atoms with van der Waals surface area (Å²) >= 11 is 0. The fourth-order valence-electron chi connectivity index (χ4n) is 1.46. The zero-order chi connectivity index (χ0) is 13.0. The zero-order valence-electron chi connectivity index (χ0n) is 9.35. The summed E-state index contributed by atoms with van der Waals surface area (Å²) in [5.74, 6) is -2.26. The van der Waals surface area contributed by atoms with Crippen molar-refractivity contribution in [3.63, 3.8) is 0 Å². The molecule has 0 radical (unpaired) electrons. The molecule has 94 valence electrons. The number of ether oxygens (including phenoxy) is 1. The maximum Gasteiger partial charge on any atom is 0.190 e. The van der Waals surface area contributed by atoms with E-state index in [1.54, 1.807) is 23.1 Å². The molecule has 0 fully saturated rings. The lowest BCUT2D eigenvalue weighted by atomic mass is 10.2. The molecule has 18 heavy (non-hydrogen) atoms. The second-order valence-electron chi connectivity index (χ2n) is 3.55. The number of carbonyl (C=O) groups excluding carboxylic acids is 1. The number of carbonyl (C=O) groups is 1. The van der Waals surface area contributed by atoms with Crippen molar-refractivity contribution in [1.82, 2.24) is 9.78 Å². The summed E-state index contributed by atoms with van der Waals surface area (Å²) in [5, 5.41) is 3.92. The lowest BCUT2D eigenvalue weighted by Crippen LogP contribution is -2.10. The average molecular weight is 252 g/mol. The summed E-state index contributed by atoms with van der Waals surface area (Å²) in [6.45, 7) is 0.456. The first-order valence-electron chi connectivity index (χ1n) is 5.25. The van der Waals surface area contributed by atoms with Gasteiger partial charge in [-0.2, -0.15) is 5.10 Å². The number of halogens is 2. The molecular formula is C12H10F2N2O2. The average Bonchev–Trinajstić information content (AvgIpc) is 2.85. The normalized spacial score (nSPS) is 10.3. The molecule has 0 N–H and O–H groups in total. The summed E-state index contributed by atoms with van der Waals surface area (Å²) in [5.41, 5.74) is -0.0653. The van der Waals surface area contributed by atoms with Gasteiger partial charge in [0, 0.05) is 18.0 Å². The molecule has 0 saturated heterocycles. The third-order valence-electron chi connectivity index (χ3n) is 2.28. The lowest BCUT2D eigenvalue weighted by Gasteiger charge is -2.08. The quantitative estimate of drug-likeness (QED) is 0.765. The summed E-state index contributed by atoms with van der Waals surface area (Å²) < 4.78 is 33.4. The van der Waals surface area contributed by atoms with E-state index in [1.807, 2.05) is 0 Å². The first kappa shape index (κ1) is 12.2. The van der Waals surface area contributed by atoms with E-state index >= 15 is 0 Å². The van der Waals surface area contributed by atoms with Crippen LogP contribution in [-0.2, 0) is 6.54 Å². The van der Waals surface area contributed by atoms with Gasteiger partial charge < -0.3 is 4.74 Å². The first-order chi connectivity index (χ1) is 8.70. The maximum absolute atomic E-state index is 13.4. The van der Waals surface area contributed by atoms with Crippen LogP contribution in [0.4, 0.5) is 8.78 Å². The zero-order valence-corrected chi connectivity index (χ0v) is 9.35. The summed E-state index contributed by atoms with van der Waals surface area (Å²) in [6.07, 6.45) is 3.69. The van der Waals surface area contributed by atoms with E-state index in [2.05, 4.69) is 5.10 Å². The molecule has 4 nitrogen and oxygen atoms in total. The lowest BCUT2D eigenvalue weighted by molar-refractivity contribution is 0.112. The Morgan fingerprint density at radius 1 is 1.33 bits per heavy atom. The van der Waals surface area contributed by atoms with Crippen LogP contribution in [0.3, 0.4) is 0 Å². The largest absolute Gasteiger partial charge is 0.486 e. The minimum Gasteiger partial charge on any atom is -0.486 e. The number of rotatable bonds is 5. The predicted octanol–water partition coefficient (Wildman–Crippen LogP) is 2.05. The molecule has 0 aliphatic rings. The van der Waals surface area contributed by atoms with Gasteiger partial charge in [0.25, 0.3) is 0 Å². The Morgan fingerprint density at radius 3 is 2.61 bits per heavy atom. The molecule has 1 heterocycles. The molecule has 0 aliphatic heterocycles. The number of nitrogens with zero attached hydrogens (tertiary/aromatic N) is 2. The molecule has 1 aromatic carbocycles. The number of benzene rings is 1. The minimum absolute atomic E-state index is 0.0653. The Bertz CT molecular complexity index is 518. The van der Waals surface area contributed by atoms with Gasteiger partial charge in [-0.25, -0.2) is 8.78 Å². The number of aldehydes is 1. The number of hydrogen-bond donors (Lipinski definition) is 0. The van der Waals surface area contributed by atoms with Gasteiger partial charge in [-0.3, -0.25) is 9.48 Å². The van der Waals surface area contributed by atoms with Gasteiger partial charge >= 0.3 is 0 Å². The smallest absolute Gasteiger partial charge is 0.190 e. The van der Waals surface area contributed by atoms with Crippen molar-refractivity contribution in [3.05, 3.63) is 47.8 Å². The third-order valence-corrected chi connectivity index (χ3v) is 2.28. The predicted molar refractivity (Wildman–Crippen MR) is 59.5 cm³/mol. The van der Waals surface area contributed by atoms with Crippen molar-refractivity contribution >= 4 is 6.29 Å². The summed E-state index contributed by atoms with van der Waals surface area (Å²) in [7, 11) is 0. The standard InChI is InChI=1S/C12H10F2N2O2/c13-10-6-9(8-17)7-11(14)12(10)18-5-4-16-3-1-2-15-16/h1-3,6-8H,4-5H2. The van der Waals surface area contributed by atoms with E-state index in [0.29, 0.717) is 12.8 Å². The summed E-state index contributed by atoms with van der Waals surface area (Å²) in [4.78, 5) is 10.4. The minimum atomic E-state index is -0.891. The molecule has 0 aliphatic carbocycles. The topological polar surface area (TPSA) is 44.1 Å². The van der Waals surface area contributed by atoms with Crippen molar-refractivity contribution in [1.29, 1.82) is 0 Å². The highest BCUT2D eigenvalue weighted by atomic mass is 19.1. The van der Waals surface area contributed by atoms with Gasteiger partial charge in [-0.15, -0.1) is 0 Å². The van der Waals surface area contributed by atoms with Crippen molar-refractivity contribution in [2.75, 3.05) is 6.61 Å². The third kappa shape index (κ3) is 2.71. The van der Waals surface area contributed by atoms with Crippen molar-refractivity contribution in [3.8, 4) is 5.75 Å². The van der Waals surface area contributed by atoms with Gasteiger partial charge in [-0.1, -0.05) is 0 Å². The van der Waals surface area contributed by atoms with Crippen LogP contribution >= 0.6 is 0 Å². The summed E-state index contributed by atoms with van der Waals surface area (Å²) in [6, 6.07) is 3.60. The highest BCUT2D eigenvalue weighted by molar-refractivity contribution is 5.75. The monoisotopic (exact) mass is 252 g/mol. The van der Waals surface area contributed by atoms with Gasteiger partial charge in [-0.05, 0) is 18.2 Å². The SMILES string of the molecule is O=Cc1cc(F)c(OCCn2cccn2)c(F)c1. The van der Waals surface area contributed by atoms with E-state index < -0.39 is 17.4 Å². The maximum atomic E-state index is 13.4. The van der Waals surface area contributed by atoms with Crippen molar-refractivity contribution < 1.29 is 18.3 Å². The Balaban J connectivity index is 2.03. The molecule has 0 spiro atoms. The van der Waals surface area contributed by atoms with Crippen LogP contribution in [0.2, 0.25) is 0 Å². The van der Waals surface area contributed by atoms with E-state index in [9.17, 15) is 13.6 Å². The Hall–Kier alpha value is -2.24. The van der Waals surface area contributed by atoms with E-state index in [1.165, 1.54) is 0 Å².